The van der Waals surface area contributed by atoms with E-state index in [0.717, 1.165) is 24.8 Å². The van der Waals surface area contributed by atoms with Crippen LogP contribution in [0.2, 0.25) is 0 Å². The Morgan fingerprint density at radius 2 is 2.12 bits per heavy atom. The number of fused-ring (bicyclic) bond motifs is 1. The van der Waals surface area contributed by atoms with Gasteiger partial charge in [0.2, 0.25) is 0 Å². The second-order valence-corrected chi connectivity index (χ2v) is 7.01. The van der Waals surface area contributed by atoms with Crippen LogP contribution in [0.1, 0.15) is 68.6 Å². The van der Waals surface area contributed by atoms with Crippen molar-refractivity contribution in [1.29, 1.82) is 0 Å². The fourth-order valence-electron chi connectivity index (χ4n) is 2.55. The van der Waals surface area contributed by atoms with Gasteiger partial charge in [-0.05, 0) is 57.7 Å². The van der Waals surface area contributed by atoms with E-state index in [9.17, 15) is 9.59 Å². The number of allylic oxidation sites excluding steroid dienone is 1. The van der Waals surface area contributed by atoms with Crippen molar-refractivity contribution in [2.45, 2.75) is 59.0 Å². The highest BCUT2D eigenvalue weighted by molar-refractivity contribution is 6.05. The largest absolute Gasteiger partial charge is 0.443 e. The summed E-state index contributed by atoms with van der Waals surface area (Å²) in [6.07, 6.45) is 8.38. The molecule has 0 aliphatic carbocycles. The van der Waals surface area contributed by atoms with Crippen LogP contribution in [0.15, 0.2) is 18.3 Å². The summed E-state index contributed by atoms with van der Waals surface area (Å²) in [5.41, 5.74) is 1.43. The Morgan fingerprint density at radius 1 is 1.38 bits per heavy atom. The zero-order valence-electron chi connectivity index (χ0n) is 15.0. The molecule has 0 bridgehead atoms. The zero-order chi connectivity index (χ0) is 17.7. The number of hydrogen-bond acceptors (Lipinski definition) is 4. The van der Waals surface area contributed by atoms with Crippen LogP contribution in [0.25, 0.3) is 6.08 Å². The molecule has 0 saturated heterocycles. The minimum Gasteiger partial charge on any atom is -0.443 e. The van der Waals surface area contributed by atoms with E-state index < -0.39 is 11.7 Å². The van der Waals surface area contributed by atoms with E-state index in [2.05, 4.69) is 11.9 Å². The van der Waals surface area contributed by atoms with E-state index in [1.54, 1.807) is 27.0 Å². The normalized spacial score (nSPS) is 16.7. The molecule has 2 heterocycles. The Bertz CT molecular complexity index is 645. The van der Waals surface area contributed by atoms with Crippen molar-refractivity contribution in [2.75, 3.05) is 6.54 Å². The molecule has 0 radical (unpaired) electrons. The Balaban J connectivity index is 2.38. The van der Waals surface area contributed by atoms with Crippen LogP contribution in [0.3, 0.4) is 0 Å². The molecule has 0 unspecified atom stereocenters. The molecule has 1 aliphatic heterocycles. The number of nitrogens with zero attached hydrogens (tertiary/aromatic N) is 2. The van der Waals surface area contributed by atoms with Gasteiger partial charge < -0.3 is 4.74 Å². The number of hydrogen-bond donors (Lipinski definition) is 0. The predicted molar refractivity (Wildman–Crippen MR) is 93.8 cm³/mol. The van der Waals surface area contributed by atoms with E-state index in [1.165, 1.54) is 4.90 Å². The molecule has 5 heteroatoms. The first-order valence-electron chi connectivity index (χ1n) is 8.52. The zero-order valence-corrected chi connectivity index (χ0v) is 15.0. The molecule has 1 aromatic heterocycles. The highest BCUT2D eigenvalue weighted by Crippen LogP contribution is 2.20. The van der Waals surface area contributed by atoms with Gasteiger partial charge in [0.25, 0.3) is 5.91 Å². The number of rotatable bonds is 2. The van der Waals surface area contributed by atoms with E-state index in [4.69, 9.17) is 4.74 Å². The summed E-state index contributed by atoms with van der Waals surface area (Å²) < 4.78 is 5.40. The van der Waals surface area contributed by atoms with Gasteiger partial charge in [-0.25, -0.2) is 9.69 Å². The fraction of sp³-hybridized carbons (Fsp3) is 0.526. The SMILES string of the molecule is CCCc1cnc2c(c1)C(=O)N(C(=O)OC(C)(C)C)CCC/C=C/2. The molecule has 1 aromatic rings. The average Bonchev–Trinajstić information content (AvgIpc) is 2.56. The lowest BCUT2D eigenvalue weighted by molar-refractivity contribution is 0.0240. The third-order valence-electron chi connectivity index (χ3n) is 3.63. The molecule has 1 aliphatic rings. The quantitative estimate of drug-likeness (QED) is 0.814. The summed E-state index contributed by atoms with van der Waals surface area (Å²) in [4.78, 5) is 31.1. The predicted octanol–water partition coefficient (Wildman–Crippen LogP) is 4.22. The van der Waals surface area contributed by atoms with Crippen molar-refractivity contribution in [1.82, 2.24) is 9.88 Å². The number of ether oxygens (including phenoxy) is 1. The molecule has 2 rings (SSSR count). The van der Waals surface area contributed by atoms with E-state index in [-0.39, 0.29) is 5.91 Å². The molecule has 0 N–H and O–H groups in total. The van der Waals surface area contributed by atoms with Gasteiger partial charge in [-0.15, -0.1) is 0 Å². The lowest BCUT2D eigenvalue weighted by atomic mass is 10.1. The number of aromatic nitrogens is 1. The third-order valence-corrected chi connectivity index (χ3v) is 3.63. The molecular formula is C19H26N2O3. The highest BCUT2D eigenvalue weighted by Gasteiger charge is 2.29. The third kappa shape index (κ3) is 4.66. The molecule has 130 valence electrons. The van der Waals surface area contributed by atoms with E-state index >= 15 is 0 Å². The Hall–Kier alpha value is -2.17. The van der Waals surface area contributed by atoms with Crippen molar-refractivity contribution in [2.24, 2.45) is 0 Å². The second-order valence-electron chi connectivity index (χ2n) is 7.01. The molecule has 5 nitrogen and oxygen atoms in total. The first kappa shape index (κ1) is 18.2. The van der Waals surface area contributed by atoms with Gasteiger partial charge in [-0.2, -0.15) is 0 Å². The molecule has 2 amide bonds. The molecule has 24 heavy (non-hydrogen) atoms. The standard InChI is InChI=1S/C19H26N2O3/c1-5-9-14-12-15-16(20-13-14)10-7-6-8-11-21(17(15)22)18(23)24-19(2,3)4/h7,10,12-13H,5-6,8-9,11H2,1-4H3/b10-7+. The van der Waals surface area contributed by atoms with Crippen LogP contribution in [0.4, 0.5) is 4.79 Å². The Labute approximate surface area is 143 Å². The average molecular weight is 330 g/mol. The molecule has 0 saturated carbocycles. The summed E-state index contributed by atoms with van der Waals surface area (Å²) in [6, 6.07) is 1.85. The van der Waals surface area contributed by atoms with Crippen molar-refractivity contribution in [3.63, 3.8) is 0 Å². The summed E-state index contributed by atoms with van der Waals surface area (Å²) in [5, 5.41) is 0. The van der Waals surface area contributed by atoms with E-state index in [0.29, 0.717) is 24.2 Å². The Kier molecular flexibility index (Phi) is 5.75. The van der Waals surface area contributed by atoms with Crippen LogP contribution in [0, 0.1) is 0 Å². The van der Waals surface area contributed by atoms with Gasteiger partial charge in [-0.3, -0.25) is 9.78 Å². The molecule has 0 aromatic carbocycles. The first-order valence-corrected chi connectivity index (χ1v) is 8.52. The van der Waals surface area contributed by atoms with Crippen molar-refractivity contribution >= 4 is 18.1 Å². The summed E-state index contributed by atoms with van der Waals surface area (Å²) in [6.45, 7) is 7.80. The number of carbonyl (C=O) groups is 2. The lowest BCUT2D eigenvalue weighted by Gasteiger charge is -2.26. The fourth-order valence-corrected chi connectivity index (χ4v) is 2.55. The minimum absolute atomic E-state index is 0.337. The molecule has 0 fully saturated rings. The van der Waals surface area contributed by atoms with Crippen molar-refractivity contribution < 1.29 is 14.3 Å². The van der Waals surface area contributed by atoms with Crippen LogP contribution in [-0.2, 0) is 11.2 Å². The smallest absolute Gasteiger partial charge is 0.417 e. The van der Waals surface area contributed by atoms with Gasteiger partial charge in [0.1, 0.15) is 5.60 Å². The number of pyridine rings is 1. The van der Waals surface area contributed by atoms with Crippen LogP contribution >= 0.6 is 0 Å². The monoisotopic (exact) mass is 330 g/mol. The maximum atomic E-state index is 13.0. The summed E-state index contributed by atoms with van der Waals surface area (Å²) in [5.74, 6) is -0.337. The summed E-state index contributed by atoms with van der Waals surface area (Å²) >= 11 is 0. The number of aryl methyl sites for hydroxylation is 1. The Morgan fingerprint density at radius 3 is 2.79 bits per heavy atom. The van der Waals surface area contributed by atoms with Crippen molar-refractivity contribution in [3.8, 4) is 0 Å². The molecular weight excluding hydrogens is 304 g/mol. The number of carbonyl (C=O) groups excluding carboxylic acids is 2. The molecule has 0 atom stereocenters. The van der Waals surface area contributed by atoms with Gasteiger partial charge in [0, 0.05) is 12.7 Å². The first-order chi connectivity index (χ1) is 11.3. The lowest BCUT2D eigenvalue weighted by Crippen LogP contribution is -2.41. The van der Waals surface area contributed by atoms with Crippen molar-refractivity contribution in [3.05, 3.63) is 35.2 Å². The summed E-state index contributed by atoms with van der Waals surface area (Å²) in [7, 11) is 0. The molecule has 0 spiro atoms. The maximum Gasteiger partial charge on any atom is 0.417 e. The highest BCUT2D eigenvalue weighted by atomic mass is 16.6. The van der Waals surface area contributed by atoms with Gasteiger partial charge in [0.05, 0.1) is 11.3 Å². The topological polar surface area (TPSA) is 59.5 Å². The maximum absolute atomic E-state index is 13.0. The van der Waals surface area contributed by atoms with Gasteiger partial charge in [-0.1, -0.05) is 19.4 Å². The number of amides is 2. The minimum atomic E-state index is -0.640. The van der Waals surface area contributed by atoms with Gasteiger partial charge in [0.15, 0.2) is 0 Å². The second kappa shape index (κ2) is 7.60. The van der Waals surface area contributed by atoms with Crippen LogP contribution < -0.4 is 0 Å². The number of imide groups is 1. The van der Waals surface area contributed by atoms with E-state index in [1.807, 2.05) is 18.2 Å². The van der Waals surface area contributed by atoms with Gasteiger partial charge >= 0.3 is 6.09 Å². The van der Waals surface area contributed by atoms with Crippen LogP contribution in [0.5, 0.6) is 0 Å². The van der Waals surface area contributed by atoms with Crippen LogP contribution in [-0.4, -0.2) is 34.0 Å².